The molecule has 1 saturated heterocycles. The first-order chi connectivity index (χ1) is 16.6. The molecular weight excluding hydrogens is 458 g/mol. The Balaban J connectivity index is 0.00000274. The van der Waals surface area contributed by atoms with Gasteiger partial charge in [-0.1, -0.05) is 69.5 Å². The number of hydrogen-bond acceptors (Lipinski definition) is 3. The van der Waals surface area contributed by atoms with Crippen molar-refractivity contribution in [2.75, 3.05) is 19.1 Å². The van der Waals surface area contributed by atoms with Crippen molar-refractivity contribution < 1.29 is 14.3 Å². The molecule has 1 aliphatic heterocycles. The fourth-order valence-corrected chi connectivity index (χ4v) is 3.83. The van der Waals surface area contributed by atoms with Crippen molar-refractivity contribution in [3.05, 3.63) is 46.5 Å². The third kappa shape index (κ3) is 10.5. The van der Waals surface area contributed by atoms with E-state index in [1.807, 2.05) is 39.8 Å². The van der Waals surface area contributed by atoms with Gasteiger partial charge in [0, 0.05) is 13.5 Å². The highest BCUT2D eigenvalue weighted by atomic mass is 35.5. The summed E-state index contributed by atoms with van der Waals surface area (Å²) in [7, 11) is 3.37. The maximum atomic E-state index is 12.8. The second kappa shape index (κ2) is 16.5. The van der Waals surface area contributed by atoms with Crippen LogP contribution in [0, 0.1) is 18.8 Å². The summed E-state index contributed by atoms with van der Waals surface area (Å²) in [5.74, 6) is 1.31. The van der Waals surface area contributed by atoms with Crippen LogP contribution in [0.1, 0.15) is 79.7 Å². The summed E-state index contributed by atoms with van der Waals surface area (Å²) in [4.78, 5) is 14.4. The second-order valence-electron chi connectivity index (χ2n) is 9.02. The molecule has 1 aromatic carbocycles. The zero-order valence-corrected chi connectivity index (χ0v) is 24.0. The fraction of sp³-hybridized carbons (Fsp3) is 0.567. The zero-order chi connectivity index (χ0) is 27.2. The Bertz CT molecular complexity index is 874. The van der Waals surface area contributed by atoms with E-state index >= 15 is 0 Å². The minimum atomic E-state index is -0.176. The van der Waals surface area contributed by atoms with Crippen molar-refractivity contribution in [3.63, 3.8) is 0 Å². The van der Waals surface area contributed by atoms with Gasteiger partial charge < -0.3 is 14.4 Å². The molecule has 1 heterocycles. The minimum Gasteiger partial charge on any atom is -0.495 e. The molecule has 0 N–H and O–H groups in total. The molecule has 1 aromatic rings. The van der Waals surface area contributed by atoms with Crippen molar-refractivity contribution in [2.45, 2.75) is 92.3 Å². The number of terminal acetylenes is 1. The van der Waals surface area contributed by atoms with Crippen LogP contribution >= 0.6 is 11.6 Å². The number of hydrogen-bond donors (Lipinski definition) is 0. The fourth-order valence-electron chi connectivity index (χ4n) is 3.51. The van der Waals surface area contributed by atoms with Crippen LogP contribution < -0.4 is 9.64 Å². The highest BCUT2D eigenvalue weighted by molar-refractivity contribution is 6.35. The first kappa shape index (κ1) is 32.8. The Morgan fingerprint density at radius 1 is 1.34 bits per heavy atom. The predicted octanol–water partition coefficient (Wildman–Crippen LogP) is 8.03. The first-order valence-corrected chi connectivity index (χ1v) is 13.0. The van der Waals surface area contributed by atoms with Crippen LogP contribution in [0.15, 0.2) is 35.9 Å². The Morgan fingerprint density at radius 3 is 2.46 bits per heavy atom. The van der Waals surface area contributed by atoms with Crippen molar-refractivity contribution in [1.29, 1.82) is 0 Å². The van der Waals surface area contributed by atoms with Crippen LogP contribution in [0.3, 0.4) is 0 Å². The number of carbonyl (C=O) groups excluding carboxylic acids is 1. The van der Waals surface area contributed by atoms with E-state index in [1.165, 1.54) is 12.0 Å². The largest absolute Gasteiger partial charge is 0.495 e. The van der Waals surface area contributed by atoms with E-state index in [9.17, 15) is 4.79 Å². The number of amides is 1. The molecule has 0 aromatic heterocycles. The second-order valence-corrected chi connectivity index (χ2v) is 9.40. The lowest BCUT2D eigenvalue weighted by Gasteiger charge is -2.22. The van der Waals surface area contributed by atoms with Gasteiger partial charge in [0.05, 0.1) is 24.5 Å². The van der Waals surface area contributed by atoms with Crippen LogP contribution in [0.25, 0.3) is 0 Å². The van der Waals surface area contributed by atoms with E-state index < -0.39 is 0 Å². The summed E-state index contributed by atoms with van der Waals surface area (Å²) in [5, 5.41) is 0.458. The molecule has 0 saturated carbocycles. The molecular formula is C30H46ClNO3. The van der Waals surface area contributed by atoms with Gasteiger partial charge in [0.2, 0.25) is 5.91 Å². The van der Waals surface area contributed by atoms with Crippen molar-refractivity contribution in [2.24, 2.45) is 5.92 Å². The quantitative estimate of drug-likeness (QED) is 0.174. The van der Waals surface area contributed by atoms with Gasteiger partial charge in [0.1, 0.15) is 10.8 Å². The Labute approximate surface area is 219 Å². The molecule has 3 atom stereocenters. The van der Waals surface area contributed by atoms with Crippen molar-refractivity contribution in [1.82, 2.24) is 0 Å². The molecule has 35 heavy (non-hydrogen) atoms. The number of carbonyl (C=O) groups is 1. The number of allylic oxidation sites excluding steroid dienone is 4. The van der Waals surface area contributed by atoms with Crippen LogP contribution in [-0.2, 0) is 16.0 Å². The number of halogens is 1. The molecule has 1 unspecified atom stereocenters. The Kier molecular flexibility index (Phi) is 15.4. The van der Waals surface area contributed by atoms with Crippen molar-refractivity contribution in [3.8, 4) is 18.6 Å². The van der Waals surface area contributed by atoms with E-state index in [2.05, 4.69) is 51.8 Å². The Hall–Kier alpha value is -2.22. The average Bonchev–Trinajstić information content (AvgIpc) is 3.48. The minimum absolute atomic E-state index is 0.0188. The van der Waals surface area contributed by atoms with Crippen LogP contribution in [0.4, 0.5) is 5.69 Å². The summed E-state index contributed by atoms with van der Waals surface area (Å²) in [6, 6.07) is 3.94. The average molecular weight is 504 g/mol. The molecule has 5 heteroatoms. The molecule has 1 aliphatic rings. The van der Waals surface area contributed by atoms with Gasteiger partial charge in [-0.25, -0.2) is 0 Å². The first-order valence-electron chi connectivity index (χ1n) is 12.6. The Morgan fingerprint density at radius 2 is 1.94 bits per heavy atom. The SMILES string of the molecule is C#C.CC.CCC(C)C/C=C/C=C(\C)Cc1cc(OC)c(Cl)c(N(C)C(=O)CC[C@]2(C)O[C@H]2C)c1. The number of rotatable bonds is 11. The summed E-state index contributed by atoms with van der Waals surface area (Å²) < 4.78 is 11.1. The molecule has 4 nitrogen and oxygen atoms in total. The molecule has 1 fully saturated rings. The lowest BCUT2D eigenvalue weighted by Crippen LogP contribution is -2.28. The summed E-state index contributed by atoms with van der Waals surface area (Å²) in [6.07, 6.45) is 18.9. The van der Waals surface area contributed by atoms with Crippen LogP contribution in [0.2, 0.25) is 5.02 Å². The molecule has 0 aliphatic carbocycles. The summed E-state index contributed by atoms with van der Waals surface area (Å²) >= 11 is 6.56. The monoisotopic (exact) mass is 503 g/mol. The highest BCUT2D eigenvalue weighted by Crippen LogP contribution is 2.41. The van der Waals surface area contributed by atoms with Gasteiger partial charge >= 0.3 is 0 Å². The molecule has 0 radical (unpaired) electrons. The van der Waals surface area contributed by atoms with Gasteiger partial charge in [0.15, 0.2) is 0 Å². The summed E-state index contributed by atoms with van der Waals surface area (Å²) in [6.45, 7) is 14.7. The lowest BCUT2D eigenvalue weighted by molar-refractivity contribution is -0.118. The molecule has 1 amide bonds. The standard InChI is InChI=1S/C26H38ClNO3.C2H6.C2H2/c1-8-18(2)11-9-10-12-19(3)15-21-16-22(25(27)23(17-21)30-7)28(6)24(29)13-14-26(5)20(4)31-26;2*1-2/h9-10,12,16-18,20H,8,11,13-15H2,1-7H3;1-2H3;1-2H/b10-9+,19-12+;;/t18?,20-,26-;;/m0../s1. The number of methoxy groups -OCH3 is 1. The van der Waals surface area contributed by atoms with Gasteiger partial charge in [-0.2, -0.15) is 0 Å². The van der Waals surface area contributed by atoms with E-state index in [0.717, 1.165) is 18.4 Å². The predicted molar refractivity (Wildman–Crippen MR) is 152 cm³/mol. The van der Waals surface area contributed by atoms with Gasteiger partial charge in [-0.15, -0.1) is 12.8 Å². The van der Waals surface area contributed by atoms with E-state index in [1.54, 1.807) is 19.1 Å². The zero-order valence-electron chi connectivity index (χ0n) is 23.3. The van der Waals surface area contributed by atoms with Crippen LogP contribution in [0.5, 0.6) is 5.75 Å². The van der Waals surface area contributed by atoms with Gasteiger partial charge in [-0.05, 0) is 63.6 Å². The smallest absolute Gasteiger partial charge is 0.226 e. The third-order valence-electron chi connectivity index (χ3n) is 6.35. The van der Waals surface area contributed by atoms with Crippen molar-refractivity contribution >= 4 is 23.2 Å². The maximum Gasteiger partial charge on any atom is 0.226 e. The third-order valence-corrected chi connectivity index (χ3v) is 6.73. The van der Waals surface area contributed by atoms with Crippen LogP contribution in [-0.4, -0.2) is 31.8 Å². The maximum absolute atomic E-state index is 12.8. The summed E-state index contributed by atoms with van der Waals surface area (Å²) in [5.41, 5.74) is 2.80. The number of ether oxygens (including phenoxy) is 2. The van der Waals surface area contributed by atoms with E-state index in [0.29, 0.717) is 35.2 Å². The number of epoxide rings is 1. The molecule has 0 bridgehead atoms. The van der Waals surface area contributed by atoms with Gasteiger partial charge in [-0.3, -0.25) is 4.79 Å². The molecule has 2 rings (SSSR count). The lowest BCUT2D eigenvalue weighted by atomic mass is 10.0. The number of anilines is 1. The van der Waals surface area contributed by atoms with Gasteiger partial charge in [0.25, 0.3) is 0 Å². The van der Waals surface area contributed by atoms with E-state index in [4.69, 9.17) is 21.1 Å². The number of nitrogens with zero attached hydrogens (tertiary/aromatic N) is 1. The normalized spacial score (nSPS) is 19.7. The topological polar surface area (TPSA) is 42.1 Å². The molecule has 196 valence electrons. The van der Waals surface area contributed by atoms with E-state index in [-0.39, 0.29) is 17.6 Å². The highest BCUT2D eigenvalue weighted by Gasteiger charge is 2.48. The number of benzene rings is 1. The molecule has 0 spiro atoms.